The molecule has 0 aromatic heterocycles. The van der Waals surface area contributed by atoms with Crippen LogP contribution in [0.2, 0.25) is 0 Å². The van der Waals surface area contributed by atoms with Crippen molar-refractivity contribution < 1.29 is 18.9 Å². The number of carboxylic acid groups (broad SMARTS) is 1. The van der Waals surface area contributed by atoms with Crippen molar-refractivity contribution in [3.63, 3.8) is 0 Å². The SMILES string of the molecule is CCS(=O)c1ccccc1C(=O)N1CCC(C(=O)O)(c2ccccc2)CC1. The number of aliphatic carboxylic acids is 1. The molecule has 1 atom stereocenters. The van der Waals surface area contributed by atoms with Gasteiger partial charge in [0.25, 0.3) is 5.91 Å². The molecule has 0 aliphatic carbocycles. The van der Waals surface area contributed by atoms with Crippen molar-refractivity contribution in [2.24, 2.45) is 0 Å². The molecule has 5 nitrogen and oxygen atoms in total. The number of benzene rings is 2. The molecule has 1 aliphatic rings. The van der Waals surface area contributed by atoms with Crippen molar-refractivity contribution in [1.82, 2.24) is 4.90 Å². The van der Waals surface area contributed by atoms with Crippen molar-refractivity contribution in [1.29, 1.82) is 0 Å². The van der Waals surface area contributed by atoms with E-state index in [2.05, 4.69) is 0 Å². The van der Waals surface area contributed by atoms with Crippen molar-refractivity contribution in [3.8, 4) is 0 Å². The Hall–Kier alpha value is -2.47. The third-order valence-electron chi connectivity index (χ3n) is 5.26. The second kappa shape index (κ2) is 8.05. The highest BCUT2D eigenvalue weighted by Crippen LogP contribution is 2.36. The number of hydrogen-bond acceptors (Lipinski definition) is 3. The number of hydrogen-bond donors (Lipinski definition) is 1. The van der Waals surface area contributed by atoms with Gasteiger partial charge in [-0.3, -0.25) is 13.8 Å². The summed E-state index contributed by atoms with van der Waals surface area (Å²) >= 11 is 0. The Kier molecular flexibility index (Phi) is 5.75. The lowest BCUT2D eigenvalue weighted by Gasteiger charge is -2.39. The molecule has 0 spiro atoms. The number of amides is 1. The van der Waals surface area contributed by atoms with Crippen LogP contribution in [-0.2, 0) is 21.0 Å². The Morgan fingerprint density at radius 3 is 2.22 bits per heavy atom. The fraction of sp³-hybridized carbons (Fsp3) is 0.333. The van der Waals surface area contributed by atoms with Gasteiger partial charge in [-0.15, -0.1) is 0 Å². The number of carboxylic acids is 1. The van der Waals surface area contributed by atoms with E-state index in [9.17, 15) is 18.9 Å². The van der Waals surface area contributed by atoms with Crippen LogP contribution in [0.15, 0.2) is 59.5 Å². The number of nitrogens with zero attached hydrogens (tertiary/aromatic N) is 1. The largest absolute Gasteiger partial charge is 0.481 e. The number of likely N-dealkylation sites (tertiary alicyclic amines) is 1. The van der Waals surface area contributed by atoms with E-state index < -0.39 is 22.2 Å². The second-order valence-electron chi connectivity index (χ2n) is 6.68. The van der Waals surface area contributed by atoms with Crippen LogP contribution in [0, 0.1) is 0 Å². The lowest BCUT2D eigenvalue weighted by Crippen LogP contribution is -2.49. The molecule has 142 valence electrons. The Morgan fingerprint density at radius 1 is 1.04 bits per heavy atom. The molecule has 27 heavy (non-hydrogen) atoms. The third kappa shape index (κ3) is 3.67. The van der Waals surface area contributed by atoms with E-state index in [0.29, 0.717) is 42.1 Å². The number of rotatable bonds is 5. The van der Waals surface area contributed by atoms with Crippen LogP contribution in [0.5, 0.6) is 0 Å². The van der Waals surface area contributed by atoms with E-state index in [1.165, 1.54) is 0 Å². The van der Waals surface area contributed by atoms with Gasteiger partial charge in [0.1, 0.15) is 0 Å². The molecule has 1 heterocycles. The molecule has 1 N–H and O–H groups in total. The summed E-state index contributed by atoms with van der Waals surface area (Å²) in [5.74, 6) is -0.590. The van der Waals surface area contributed by atoms with Crippen LogP contribution in [0.25, 0.3) is 0 Å². The maximum atomic E-state index is 13.0. The van der Waals surface area contributed by atoms with Crippen LogP contribution < -0.4 is 0 Å². The average Bonchev–Trinajstić information content (AvgIpc) is 2.73. The zero-order valence-corrected chi connectivity index (χ0v) is 16.1. The number of carbonyl (C=O) groups is 2. The minimum atomic E-state index is -1.22. The van der Waals surface area contributed by atoms with Gasteiger partial charge >= 0.3 is 5.97 Å². The van der Waals surface area contributed by atoms with Gasteiger partial charge in [-0.05, 0) is 30.5 Å². The van der Waals surface area contributed by atoms with Crippen molar-refractivity contribution in [2.45, 2.75) is 30.1 Å². The summed E-state index contributed by atoms with van der Waals surface area (Å²) in [5, 5.41) is 9.89. The fourth-order valence-corrected chi connectivity index (χ4v) is 4.58. The summed E-state index contributed by atoms with van der Waals surface area (Å²) in [4.78, 5) is 27.3. The molecule has 1 fully saturated rings. The van der Waals surface area contributed by atoms with Crippen LogP contribution >= 0.6 is 0 Å². The highest BCUT2D eigenvalue weighted by atomic mass is 32.2. The Bertz CT molecular complexity index is 857. The summed E-state index contributed by atoms with van der Waals surface area (Å²) < 4.78 is 12.3. The molecule has 2 aromatic rings. The maximum Gasteiger partial charge on any atom is 0.314 e. The highest BCUT2D eigenvalue weighted by molar-refractivity contribution is 7.85. The number of piperidine rings is 1. The van der Waals surface area contributed by atoms with Crippen LogP contribution in [0.1, 0.15) is 35.7 Å². The van der Waals surface area contributed by atoms with Gasteiger partial charge in [0.15, 0.2) is 0 Å². The topological polar surface area (TPSA) is 74.7 Å². The standard InChI is InChI=1S/C21H23NO4S/c1-2-27(26)18-11-7-6-10-17(18)19(23)22-14-12-21(13-15-22,20(24)25)16-8-4-3-5-9-16/h3-11H,2,12-15H2,1H3,(H,24,25). The van der Waals surface area contributed by atoms with E-state index in [1.807, 2.05) is 37.3 Å². The molecule has 1 aliphatic heterocycles. The molecule has 6 heteroatoms. The highest BCUT2D eigenvalue weighted by Gasteiger charge is 2.44. The van der Waals surface area contributed by atoms with E-state index in [4.69, 9.17) is 0 Å². The molecule has 0 bridgehead atoms. The Morgan fingerprint density at radius 2 is 1.63 bits per heavy atom. The predicted molar refractivity (Wildman–Crippen MR) is 104 cm³/mol. The minimum absolute atomic E-state index is 0.181. The van der Waals surface area contributed by atoms with Gasteiger partial charge in [-0.1, -0.05) is 49.4 Å². The van der Waals surface area contributed by atoms with Gasteiger partial charge in [0, 0.05) is 18.8 Å². The smallest absolute Gasteiger partial charge is 0.314 e. The summed E-state index contributed by atoms with van der Waals surface area (Å²) in [6.45, 7) is 2.53. The monoisotopic (exact) mass is 385 g/mol. The zero-order chi connectivity index (χ0) is 19.4. The minimum Gasteiger partial charge on any atom is -0.481 e. The first-order chi connectivity index (χ1) is 13.0. The fourth-order valence-electron chi connectivity index (χ4n) is 3.64. The van der Waals surface area contributed by atoms with E-state index in [-0.39, 0.29) is 5.91 Å². The van der Waals surface area contributed by atoms with Crippen LogP contribution in [0.4, 0.5) is 0 Å². The molecular formula is C21H23NO4S. The summed E-state index contributed by atoms with van der Waals surface area (Å²) in [6.07, 6.45) is 0.717. The third-order valence-corrected chi connectivity index (χ3v) is 6.64. The first kappa shape index (κ1) is 19.3. The van der Waals surface area contributed by atoms with Crippen LogP contribution in [-0.4, -0.2) is 44.9 Å². The van der Waals surface area contributed by atoms with E-state index in [0.717, 1.165) is 5.56 Å². The van der Waals surface area contributed by atoms with Gasteiger partial charge in [-0.2, -0.15) is 0 Å². The lowest BCUT2D eigenvalue weighted by atomic mass is 9.73. The summed E-state index contributed by atoms with van der Waals surface area (Å²) in [6, 6.07) is 16.2. The van der Waals surface area contributed by atoms with Crippen LogP contribution in [0.3, 0.4) is 0 Å². The van der Waals surface area contributed by atoms with Gasteiger partial charge in [0.2, 0.25) is 0 Å². The Labute approximate surface area is 161 Å². The molecule has 0 saturated carbocycles. The van der Waals surface area contributed by atoms with Gasteiger partial charge in [-0.25, -0.2) is 0 Å². The van der Waals surface area contributed by atoms with Crippen molar-refractivity contribution in [3.05, 3.63) is 65.7 Å². The molecule has 0 radical (unpaired) electrons. The molecule has 1 unspecified atom stereocenters. The number of carbonyl (C=O) groups excluding carboxylic acids is 1. The van der Waals surface area contributed by atoms with E-state index >= 15 is 0 Å². The maximum absolute atomic E-state index is 13.0. The quantitative estimate of drug-likeness (QED) is 0.858. The van der Waals surface area contributed by atoms with Crippen molar-refractivity contribution in [2.75, 3.05) is 18.8 Å². The van der Waals surface area contributed by atoms with Gasteiger partial charge < -0.3 is 10.0 Å². The normalized spacial score (nSPS) is 17.3. The molecule has 1 saturated heterocycles. The first-order valence-electron chi connectivity index (χ1n) is 9.05. The molecule has 1 amide bonds. The first-order valence-corrected chi connectivity index (χ1v) is 10.4. The molecule has 3 rings (SSSR count). The van der Waals surface area contributed by atoms with Crippen molar-refractivity contribution >= 4 is 22.7 Å². The lowest BCUT2D eigenvalue weighted by molar-refractivity contribution is -0.145. The zero-order valence-electron chi connectivity index (χ0n) is 15.3. The average molecular weight is 385 g/mol. The second-order valence-corrected chi connectivity index (χ2v) is 8.38. The predicted octanol–water partition coefficient (Wildman–Crippen LogP) is 3.07. The molecule has 2 aromatic carbocycles. The summed E-state index contributed by atoms with van der Waals surface area (Å²) in [7, 11) is -1.22. The van der Waals surface area contributed by atoms with Gasteiger partial charge in [0.05, 0.1) is 26.7 Å². The Balaban J connectivity index is 1.83. The molecular weight excluding hydrogens is 362 g/mol. The van der Waals surface area contributed by atoms with E-state index in [1.54, 1.807) is 29.2 Å². The summed E-state index contributed by atoms with van der Waals surface area (Å²) in [5.41, 5.74) is 0.251.